The van der Waals surface area contributed by atoms with E-state index >= 15 is 0 Å². The van der Waals surface area contributed by atoms with Crippen LogP contribution in [0, 0.1) is 0 Å². The first kappa shape index (κ1) is 13.2. The Bertz CT molecular complexity index is 916. The highest BCUT2D eigenvalue weighted by molar-refractivity contribution is 6.32. The molecule has 0 amide bonds. The van der Waals surface area contributed by atoms with Crippen LogP contribution < -0.4 is 15.2 Å². The maximum absolute atomic E-state index is 12.3. The van der Waals surface area contributed by atoms with E-state index < -0.39 is 0 Å². The maximum atomic E-state index is 12.3. The normalized spacial score (nSPS) is 13.5. The number of benzene rings is 1. The third kappa shape index (κ3) is 2.12. The van der Waals surface area contributed by atoms with Crippen molar-refractivity contribution in [2.75, 3.05) is 13.2 Å². The zero-order valence-corrected chi connectivity index (χ0v) is 12.3. The molecular formula is C15H12ClN3O3. The average molecular weight is 318 g/mol. The van der Waals surface area contributed by atoms with E-state index in [9.17, 15) is 4.79 Å². The van der Waals surface area contributed by atoms with Crippen LogP contribution in [0.2, 0.25) is 5.02 Å². The molecule has 0 unspecified atom stereocenters. The number of halogens is 1. The van der Waals surface area contributed by atoms with Crippen molar-refractivity contribution in [3.63, 3.8) is 0 Å². The van der Waals surface area contributed by atoms with Gasteiger partial charge in [0.25, 0.3) is 0 Å². The highest BCUT2D eigenvalue weighted by atomic mass is 35.5. The van der Waals surface area contributed by atoms with Gasteiger partial charge < -0.3 is 9.47 Å². The SMILES string of the molecule is O=c1n(Cc2cc(Cl)c3c(c2)OCCO3)nc2ccccn12. The minimum atomic E-state index is -0.193. The molecule has 0 saturated carbocycles. The lowest BCUT2D eigenvalue weighted by Gasteiger charge is -2.20. The highest BCUT2D eigenvalue weighted by Crippen LogP contribution is 2.38. The molecule has 0 aliphatic carbocycles. The smallest absolute Gasteiger partial charge is 0.350 e. The van der Waals surface area contributed by atoms with E-state index in [1.165, 1.54) is 9.08 Å². The molecule has 0 atom stereocenters. The molecule has 0 bridgehead atoms. The zero-order chi connectivity index (χ0) is 15.1. The van der Waals surface area contributed by atoms with Crippen LogP contribution in [0.3, 0.4) is 0 Å². The molecule has 1 aliphatic heterocycles. The molecule has 22 heavy (non-hydrogen) atoms. The molecule has 0 spiro atoms. The van der Waals surface area contributed by atoms with Gasteiger partial charge in [-0.1, -0.05) is 17.7 Å². The number of hydrogen-bond acceptors (Lipinski definition) is 4. The fourth-order valence-corrected chi connectivity index (χ4v) is 2.79. The first-order chi connectivity index (χ1) is 10.7. The zero-order valence-electron chi connectivity index (χ0n) is 11.5. The van der Waals surface area contributed by atoms with Crippen LogP contribution in [0.5, 0.6) is 11.5 Å². The third-order valence-electron chi connectivity index (χ3n) is 3.48. The van der Waals surface area contributed by atoms with Crippen molar-refractivity contribution in [3.05, 3.63) is 57.6 Å². The molecule has 0 radical (unpaired) electrons. The second-order valence-corrected chi connectivity index (χ2v) is 5.38. The lowest BCUT2D eigenvalue weighted by molar-refractivity contribution is 0.171. The summed E-state index contributed by atoms with van der Waals surface area (Å²) in [5.41, 5.74) is 1.25. The van der Waals surface area contributed by atoms with Crippen LogP contribution >= 0.6 is 11.6 Å². The van der Waals surface area contributed by atoms with E-state index in [2.05, 4.69) is 5.10 Å². The quantitative estimate of drug-likeness (QED) is 0.725. The van der Waals surface area contributed by atoms with Gasteiger partial charge in [-0.2, -0.15) is 0 Å². The van der Waals surface area contributed by atoms with Crippen molar-refractivity contribution < 1.29 is 9.47 Å². The fraction of sp³-hybridized carbons (Fsp3) is 0.200. The van der Waals surface area contributed by atoms with Crippen molar-refractivity contribution in [2.45, 2.75) is 6.54 Å². The first-order valence-electron chi connectivity index (χ1n) is 6.84. The molecular weight excluding hydrogens is 306 g/mol. The molecule has 7 heteroatoms. The molecule has 4 rings (SSSR count). The lowest BCUT2D eigenvalue weighted by Crippen LogP contribution is -2.22. The molecule has 0 saturated heterocycles. The van der Waals surface area contributed by atoms with Crippen molar-refractivity contribution in [1.82, 2.24) is 14.2 Å². The van der Waals surface area contributed by atoms with Crippen LogP contribution in [0.1, 0.15) is 5.56 Å². The van der Waals surface area contributed by atoms with E-state index in [-0.39, 0.29) is 5.69 Å². The van der Waals surface area contributed by atoms with Crippen molar-refractivity contribution in [3.8, 4) is 11.5 Å². The Hall–Kier alpha value is -2.47. The summed E-state index contributed by atoms with van der Waals surface area (Å²) in [6.45, 7) is 1.29. The summed E-state index contributed by atoms with van der Waals surface area (Å²) in [6.07, 6.45) is 1.69. The van der Waals surface area contributed by atoms with Crippen molar-refractivity contribution >= 4 is 17.2 Å². The van der Waals surface area contributed by atoms with Crippen LogP contribution in [0.4, 0.5) is 0 Å². The van der Waals surface area contributed by atoms with Gasteiger partial charge in [0, 0.05) is 6.20 Å². The van der Waals surface area contributed by atoms with Crippen LogP contribution in [-0.4, -0.2) is 27.4 Å². The molecule has 0 N–H and O–H groups in total. The Kier molecular flexibility index (Phi) is 3.04. The van der Waals surface area contributed by atoms with E-state index in [1.807, 2.05) is 12.1 Å². The Morgan fingerprint density at radius 1 is 1.23 bits per heavy atom. The topological polar surface area (TPSA) is 57.8 Å². The second-order valence-electron chi connectivity index (χ2n) is 4.97. The number of nitrogens with zero attached hydrogens (tertiary/aromatic N) is 3. The van der Waals surface area contributed by atoms with Gasteiger partial charge in [0.2, 0.25) is 0 Å². The second kappa shape index (κ2) is 5.06. The minimum Gasteiger partial charge on any atom is -0.486 e. The van der Waals surface area contributed by atoms with Gasteiger partial charge in [0.1, 0.15) is 13.2 Å². The summed E-state index contributed by atoms with van der Waals surface area (Å²) in [5, 5.41) is 4.78. The maximum Gasteiger partial charge on any atom is 0.350 e. The van der Waals surface area contributed by atoms with Crippen LogP contribution in [-0.2, 0) is 6.54 Å². The number of fused-ring (bicyclic) bond motifs is 2. The summed E-state index contributed by atoms with van der Waals surface area (Å²) in [4.78, 5) is 12.3. The van der Waals surface area contributed by atoms with Gasteiger partial charge in [-0.05, 0) is 29.8 Å². The largest absolute Gasteiger partial charge is 0.486 e. The predicted molar refractivity (Wildman–Crippen MR) is 81.0 cm³/mol. The van der Waals surface area contributed by atoms with Crippen molar-refractivity contribution in [2.24, 2.45) is 0 Å². The molecule has 3 heterocycles. The van der Waals surface area contributed by atoms with Crippen LogP contribution in [0.25, 0.3) is 5.65 Å². The number of hydrogen-bond donors (Lipinski definition) is 0. The summed E-state index contributed by atoms with van der Waals surface area (Å²) in [5.74, 6) is 1.16. The minimum absolute atomic E-state index is 0.193. The first-order valence-corrected chi connectivity index (χ1v) is 7.22. The molecule has 6 nitrogen and oxygen atoms in total. The number of aromatic nitrogens is 3. The summed E-state index contributed by atoms with van der Waals surface area (Å²) in [6, 6.07) is 9.02. The van der Waals surface area contributed by atoms with Gasteiger partial charge in [-0.3, -0.25) is 4.40 Å². The number of rotatable bonds is 2. The number of ether oxygens (including phenoxy) is 2. The van der Waals surface area contributed by atoms with Gasteiger partial charge in [0.05, 0.1) is 11.6 Å². The van der Waals surface area contributed by atoms with E-state index in [1.54, 1.807) is 24.4 Å². The van der Waals surface area contributed by atoms with Gasteiger partial charge >= 0.3 is 5.69 Å². The Morgan fingerprint density at radius 2 is 2.09 bits per heavy atom. The van der Waals surface area contributed by atoms with E-state index in [4.69, 9.17) is 21.1 Å². The Labute approximate surface area is 130 Å². The average Bonchev–Trinajstić information content (AvgIpc) is 2.84. The monoisotopic (exact) mass is 317 g/mol. The van der Waals surface area contributed by atoms with Crippen LogP contribution in [0.15, 0.2) is 41.3 Å². The lowest BCUT2D eigenvalue weighted by atomic mass is 10.2. The summed E-state index contributed by atoms with van der Waals surface area (Å²) < 4.78 is 13.9. The summed E-state index contributed by atoms with van der Waals surface area (Å²) >= 11 is 6.21. The molecule has 1 aliphatic rings. The fourth-order valence-electron chi connectivity index (χ4n) is 2.50. The Balaban J connectivity index is 1.75. The molecule has 3 aromatic rings. The van der Waals surface area contributed by atoms with E-state index in [0.29, 0.717) is 41.9 Å². The van der Waals surface area contributed by atoms with E-state index in [0.717, 1.165) is 5.56 Å². The standard InChI is InChI=1S/C15H12ClN3O3/c16-11-7-10(8-12-14(11)22-6-5-21-12)9-19-15(20)18-4-2-1-3-13(18)17-19/h1-4,7-8H,5-6,9H2. The Morgan fingerprint density at radius 3 is 2.95 bits per heavy atom. The molecule has 2 aromatic heterocycles. The predicted octanol–water partition coefficient (Wildman–Crippen LogP) is 1.97. The molecule has 1 aromatic carbocycles. The molecule has 0 fully saturated rings. The summed E-state index contributed by atoms with van der Waals surface area (Å²) in [7, 11) is 0. The van der Waals surface area contributed by atoms with Gasteiger partial charge in [0.15, 0.2) is 17.1 Å². The van der Waals surface area contributed by atoms with Gasteiger partial charge in [-0.15, -0.1) is 5.10 Å². The van der Waals surface area contributed by atoms with Gasteiger partial charge in [-0.25, -0.2) is 9.48 Å². The third-order valence-corrected chi connectivity index (χ3v) is 3.76. The number of pyridine rings is 1. The molecule has 112 valence electrons. The van der Waals surface area contributed by atoms with Crippen molar-refractivity contribution in [1.29, 1.82) is 0 Å². The highest BCUT2D eigenvalue weighted by Gasteiger charge is 2.17.